The number of hydrogen-bond acceptors (Lipinski definition) is 5. The second kappa shape index (κ2) is 5.75. The number of hydrogen-bond donors (Lipinski definition) is 0. The van der Waals surface area contributed by atoms with Gasteiger partial charge in [0.25, 0.3) is 11.8 Å². The molecule has 2 saturated heterocycles. The maximum absolute atomic E-state index is 13.9. The van der Waals surface area contributed by atoms with Crippen LogP contribution in [-0.2, 0) is 14.6 Å². The zero-order valence-electron chi connectivity index (χ0n) is 13.5. The summed E-state index contributed by atoms with van der Waals surface area (Å²) in [5.74, 6) is -3.87. The van der Waals surface area contributed by atoms with Crippen molar-refractivity contribution in [3.05, 3.63) is 30.3 Å². The van der Waals surface area contributed by atoms with Crippen molar-refractivity contribution >= 4 is 15.7 Å². The zero-order chi connectivity index (χ0) is 18.5. The Hall–Kier alpha value is -2.05. The molecule has 0 spiro atoms. The largest absolute Gasteiger partial charge is 0.282 e. The van der Waals surface area contributed by atoms with Gasteiger partial charge < -0.3 is 0 Å². The first-order chi connectivity index (χ1) is 11.6. The van der Waals surface area contributed by atoms with E-state index >= 15 is 0 Å². The van der Waals surface area contributed by atoms with Gasteiger partial charge in [0.15, 0.2) is 16.0 Å². The standard InChI is InChI=1S/C16H17F2N3O3S/c1-20(11-19)14(22)15-7-13(8-21(15)10-16(17,18)9-15)25(23,24)12-5-3-2-4-6-12/h2-6,13H,7-10H2,1H3. The molecule has 1 aromatic rings. The van der Waals surface area contributed by atoms with E-state index in [1.165, 1.54) is 24.1 Å². The van der Waals surface area contributed by atoms with Crippen LogP contribution in [0.4, 0.5) is 8.78 Å². The molecule has 2 aliphatic heterocycles. The quantitative estimate of drug-likeness (QED) is 0.592. The molecule has 1 amide bonds. The minimum absolute atomic E-state index is 0.101. The molecule has 0 bridgehead atoms. The van der Waals surface area contributed by atoms with Crippen LogP contribution in [0.5, 0.6) is 0 Å². The minimum atomic E-state index is -3.76. The summed E-state index contributed by atoms with van der Waals surface area (Å²) in [7, 11) is -2.56. The van der Waals surface area contributed by atoms with Crippen LogP contribution < -0.4 is 0 Å². The summed E-state index contributed by atoms with van der Waals surface area (Å²) in [4.78, 5) is 14.6. The third-order valence-electron chi connectivity index (χ3n) is 4.93. The Morgan fingerprint density at radius 2 is 2.00 bits per heavy atom. The maximum Gasteiger partial charge on any atom is 0.262 e. The van der Waals surface area contributed by atoms with E-state index in [4.69, 9.17) is 5.26 Å². The molecule has 1 aromatic carbocycles. The number of amides is 1. The second-order valence-electron chi connectivity index (χ2n) is 6.59. The summed E-state index contributed by atoms with van der Waals surface area (Å²) in [6.07, 6.45) is 0.607. The Labute approximate surface area is 144 Å². The van der Waals surface area contributed by atoms with Gasteiger partial charge in [-0.1, -0.05) is 18.2 Å². The lowest BCUT2D eigenvalue weighted by molar-refractivity contribution is -0.137. The summed E-state index contributed by atoms with van der Waals surface area (Å²) in [5.41, 5.74) is -1.65. The summed E-state index contributed by atoms with van der Waals surface area (Å²) < 4.78 is 53.5. The van der Waals surface area contributed by atoms with E-state index in [0.717, 1.165) is 0 Å². The van der Waals surface area contributed by atoms with Crippen LogP contribution >= 0.6 is 0 Å². The van der Waals surface area contributed by atoms with Crippen molar-refractivity contribution in [2.45, 2.75) is 34.4 Å². The van der Waals surface area contributed by atoms with Gasteiger partial charge in [-0.2, -0.15) is 5.26 Å². The Balaban J connectivity index is 1.97. The summed E-state index contributed by atoms with van der Waals surface area (Å²) in [6, 6.07) is 7.74. The number of likely N-dealkylation sites (N-methyl/N-ethyl adjacent to an activating group) is 1. The molecule has 2 fully saturated rings. The molecule has 3 rings (SSSR count). The average Bonchev–Trinajstić information content (AvgIpc) is 3.04. The lowest BCUT2D eigenvalue weighted by Gasteiger charge is -2.30. The van der Waals surface area contributed by atoms with Crippen LogP contribution in [0.2, 0.25) is 0 Å². The van der Waals surface area contributed by atoms with Crippen molar-refractivity contribution in [1.82, 2.24) is 9.80 Å². The first-order valence-electron chi connectivity index (χ1n) is 7.72. The fourth-order valence-electron chi connectivity index (χ4n) is 3.82. The van der Waals surface area contributed by atoms with Gasteiger partial charge in [-0.25, -0.2) is 17.2 Å². The summed E-state index contributed by atoms with van der Waals surface area (Å²) >= 11 is 0. The monoisotopic (exact) mass is 369 g/mol. The molecule has 9 heteroatoms. The van der Waals surface area contributed by atoms with Gasteiger partial charge >= 0.3 is 0 Å². The summed E-state index contributed by atoms with van der Waals surface area (Å²) in [5, 5.41) is 7.98. The predicted molar refractivity (Wildman–Crippen MR) is 84.3 cm³/mol. The van der Waals surface area contributed by atoms with Gasteiger partial charge in [-0.3, -0.25) is 14.6 Å². The van der Waals surface area contributed by atoms with Crippen molar-refractivity contribution in [3.63, 3.8) is 0 Å². The average molecular weight is 369 g/mol. The van der Waals surface area contributed by atoms with Gasteiger partial charge in [-0.15, -0.1) is 0 Å². The molecule has 0 saturated carbocycles. The van der Waals surface area contributed by atoms with Crippen molar-refractivity contribution in [2.75, 3.05) is 20.1 Å². The van der Waals surface area contributed by atoms with E-state index in [0.29, 0.717) is 4.90 Å². The number of halogens is 2. The molecule has 6 nitrogen and oxygen atoms in total. The van der Waals surface area contributed by atoms with Crippen molar-refractivity contribution < 1.29 is 22.0 Å². The number of nitriles is 1. The molecule has 25 heavy (non-hydrogen) atoms. The molecular formula is C16H17F2N3O3S. The molecule has 0 radical (unpaired) electrons. The number of alkyl halides is 2. The number of sulfone groups is 1. The molecule has 2 unspecified atom stereocenters. The highest BCUT2D eigenvalue weighted by Crippen LogP contribution is 2.48. The van der Waals surface area contributed by atoms with Gasteiger partial charge in [0.05, 0.1) is 16.7 Å². The normalized spacial score (nSPS) is 28.3. The lowest BCUT2D eigenvalue weighted by atomic mass is 9.91. The Bertz CT molecular complexity index is 838. The van der Waals surface area contributed by atoms with Crippen LogP contribution in [-0.4, -0.2) is 61.0 Å². The Morgan fingerprint density at radius 3 is 2.60 bits per heavy atom. The number of rotatable bonds is 3. The lowest BCUT2D eigenvalue weighted by Crippen LogP contribution is -2.51. The van der Waals surface area contributed by atoms with E-state index < -0.39 is 45.4 Å². The molecular weight excluding hydrogens is 352 g/mol. The fourth-order valence-corrected chi connectivity index (χ4v) is 5.61. The number of fused-ring (bicyclic) bond motifs is 1. The number of nitrogens with zero attached hydrogens (tertiary/aromatic N) is 3. The molecule has 0 N–H and O–H groups in total. The predicted octanol–water partition coefficient (Wildman–Crippen LogP) is 1.25. The van der Waals surface area contributed by atoms with Crippen LogP contribution in [0.25, 0.3) is 0 Å². The zero-order valence-corrected chi connectivity index (χ0v) is 14.3. The fraction of sp³-hybridized carbons (Fsp3) is 0.500. The molecule has 0 aromatic heterocycles. The van der Waals surface area contributed by atoms with E-state index in [1.54, 1.807) is 24.4 Å². The second-order valence-corrected chi connectivity index (χ2v) is 8.82. The van der Waals surface area contributed by atoms with E-state index in [9.17, 15) is 22.0 Å². The van der Waals surface area contributed by atoms with Crippen molar-refractivity contribution in [3.8, 4) is 6.19 Å². The Morgan fingerprint density at radius 1 is 1.36 bits per heavy atom. The highest BCUT2D eigenvalue weighted by molar-refractivity contribution is 7.92. The SMILES string of the molecule is CN(C#N)C(=O)C12CC(S(=O)(=O)c3ccccc3)CN1CC(F)(F)C2. The van der Waals surface area contributed by atoms with Gasteiger partial charge in [0.1, 0.15) is 5.54 Å². The molecule has 0 aliphatic carbocycles. The van der Waals surface area contributed by atoms with Gasteiger partial charge in [0.2, 0.25) is 0 Å². The first-order valence-corrected chi connectivity index (χ1v) is 9.27. The highest BCUT2D eigenvalue weighted by atomic mass is 32.2. The minimum Gasteiger partial charge on any atom is -0.282 e. The molecule has 2 heterocycles. The highest BCUT2D eigenvalue weighted by Gasteiger charge is 2.65. The van der Waals surface area contributed by atoms with Crippen molar-refractivity contribution in [2.24, 2.45) is 0 Å². The third-order valence-corrected chi connectivity index (χ3v) is 7.05. The molecule has 2 atom stereocenters. The number of carbonyl (C=O) groups is 1. The van der Waals surface area contributed by atoms with E-state index in [-0.39, 0.29) is 17.9 Å². The molecule has 2 aliphatic rings. The Kier molecular flexibility index (Phi) is 4.08. The van der Waals surface area contributed by atoms with E-state index in [2.05, 4.69) is 0 Å². The van der Waals surface area contributed by atoms with Crippen LogP contribution in [0.15, 0.2) is 35.2 Å². The number of carbonyl (C=O) groups excluding carboxylic acids is 1. The summed E-state index contributed by atoms with van der Waals surface area (Å²) in [6.45, 7) is -0.837. The first kappa shape index (κ1) is 17.8. The smallest absolute Gasteiger partial charge is 0.262 e. The third kappa shape index (κ3) is 2.79. The number of benzene rings is 1. The van der Waals surface area contributed by atoms with Gasteiger partial charge in [-0.05, 0) is 18.6 Å². The molecule has 134 valence electrons. The van der Waals surface area contributed by atoms with Crippen LogP contribution in [0.1, 0.15) is 12.8 Å². The van der Waals surface area contributed by atoms with E-state index in [1.807, 2.05) is 0 Å². The van der Waals surface area contributed by atoms with Crippen molar-refractivity contribution in [1.29, 1.82) is 5.26 Å². The van der Waals surface area contributed by atoms with Crippen LogP contribution in [0, 0.1) is 11.5 Å². The maximum atomic E-state index is 13.9. The topological polar surface area (TPSA) is 81.5 Å². The van der Waals surface area contributed by atoms with Crippen LogP contribution in [0.3, 0.4) is 0 Å². The van der Waals surface area contributed by atoms with Gasteiger partial charge in [0, 0.05) is 20.0 Å².